The van der Waals surface area contributed by atoms with Crippen molar-refractivity contribution in [2.45, 2.75) is 6.18 Å². The van der Waals surface area contributed by atoms with Crippen LogP contribution in [0.2, 0.25) is 0 Å². The van der Waals surface area contributed by atoms with Crippen molar-refractivity contribution in [3.05, 3.63) is 29.3 Å². The molecular formula is C9H7F3O2S. The minimum absolute atomic E-state index is 0.115. The van der Waals surface area contributed by atoms with E-state index >= 15 is 0 Å². The minimum atomic E-state index is -4.52. The third kappa shape index (κ3) is 2.65. The molecule has 0 aromatic heterocycles. The number of thioether (sulfide) groups is 1. The van der Waals surface area contributed by atoms with Gasteiger partial charge in [0.15, 0.2) is 0 Å². The van der Waals surface area contributed by atoms with Crippen LogP contribution in [0.15, 0.2) is 18.2 Å². The highest BCUT2D eigenvalue weighted by Gasteiger charge is 2.31. The van der Waals surface area contributed by atoms with Crippen LogP contribution in [0.1, 0.15) is 15.9 Å². The highest BCUT2D eigenvalue weighted by molar-refractivity contribution is 8.13. The summed E-state index contributed by atoms with van der Waals surface area (Å²) >= 11 is 0.825. The van der Waals surface area contributed by atoms with Crippen LogP contribution in [0.4, 0.5) is 13.2 Å². The van der Waals surface area contributed by atoms with Gasteiger partial charge in [0, 0.05) is 0 Å². The number of carbonyl (C=O) groups is 1. The first kappa shape index (κ1) is 11.9. The predicted octanol–water partition coefficient (Wildman–Crippen LogP) is 2.91. The van der Waals surface area contributed by atoms with Crippen molar-refractivity contribution < 1.29 is 23.1 Å². The lowest BCUT2D eigenvalue weighted by Crippen LogP contribution is -2.05. The van der Waals surface area contributed by atoms with E-state index in [0.717, 1.165) is 23.9 Å². The summed E-state index contributed by atoms with van der Waals surface area (Å²) in [5, 5.41) is 8.75. The molecule has 82 valence electrons. The van der Waals surface area contributed by atoms with Gasteiger partial charge in [0.25, 0.3) is 0 Å². The fraction of sp³-hybridized carbons (Fsp3) is 0.222. The summed E-state index contributed by atoms with van der Waals surface area (Å²) in [5.41, 5.74) is -1.09. The molecule has 1 N–H and O–H groups in total. The fourth-order valence-electron chi connectivity index (χ4n) is 0.991. The lowest BCUT2D eigenvalue weighted by molar-refractivity contribution is -0.137. The molecule has 0 aliphatic heterocycles. The highest BCUT2D eigenvalue weighted by atomic mass is 32.2. The molecule has 0 saturated carbocycles. The maximum absolute atomic E-state index is 12.2. The lowest BCUT2D eigenvalue weighted by atomic mass is 10.1. The van der Waals surface area contributed by atoms with E-state index in [1.54, 1.807) is 0 Å². The van der Waals surface area contributed by atoms with Gasteiger partial charge in [-0.05, 0) is 24.5 Å². The number of phenols is 1. The van der Waals surface area contributed by atoms with Crippen LogP contribution in [0.3, 0.4) is 0 Å². The van der Waals surface area contributed by atoms with Gasteiger partial charge in [-0.25, -0.2) is 0 Å². The number of carbonyl (C=O) groups excluding carboxylic acids is 1. The first-order chi connectivity index (χ1) is 6.86. The summed E-state index contributed by atoms with van der Waals surface area (Å²) in [6.45, 7) is 0. The van der Waals surface area contributed by atoms with Crippen molar-refractivity contribution in [3.63, 3.8) is 0 Å². The molecule has 0 aliphatic carbocycles. The first-order valence-corrected chi connectivity index (χ1v) is 5.07. The minimum Gasteiger partial charge on any atom is -0.507 e. The Labute approximate surface area is 88.1 Å². The van der Waals surface area contributed by atoms with Gasteiger partial charge < -0.3 is 5.11 Å². The molecule has 0 saturated heterocycles. The molecule has 0 unspecified atom stereocenters. The van der Waals surface area contributed by atoms with Crippen LogP contribution in [-0.4, -0.2) is 16.5 Å². The molecule has 0 bridgehead atoms. The molecule has 1 aromatic carbocycles. The third-order valence-electron chi connectivity index (χ3n) is 1.73. The third-order valence-corrected chi connectivity index (χ3v) is 2.32. The summed E-state index contributed by atoms with van der Waals surface area (Å²) in [6.07, 6.45) is -3.03. The van der Waals surface area contributed by atoms with E-state index in [1.807, 2.05) is 0 Å². The molecule has 0 aliphatic rings. The second-order valence-electron chi connectivity index (χ2n) is 2.72. The van der Waals surface area contributed by atoms with Crippen LogP contribution in [0.25, 0.3) is 0 Å². The number of hydrogen-bond donors (Lipinski definition) is 1. The first-order valence-electron chi connectivity index (χ1n) is 3.85. The Hall–Kier alpha value is -1.17. The number of halogens is 3. The van der Waals surface area contributed by atoms with Crippen LogP contribution in [-0.2, 0) is 6.18 Å². The number of rotatable bonds is 1. The molecule has 0 amide bonds. The van der Waals surface area contributed by atoms with E-state index in [4.69, 9.17) is 0 Å². The maximum Gasteiger partial charge on any atom is 0.416 e. The monoisotopic (exact) mass is 236 g/mol. The fourth-order valence-corrected chi connectivity index (χ4v) is 1.38. The van der Waals surface area contributed by atoms with Gasteiger partial charge in [0.1, 0.15) is 5.75 Å². The lowest BCUT2D eigenvalue weighted by Gasteiger charge is -2.08. The van der Waals surface area contributed by atoms with Crippen molar-refractivity contribution in [3.8, 4) is 5.75 Å². The summed E-state index contributed by atoms with van der Waals surface area (Å²) < 4.78 is 36.5. The second-order valence-corrected chi connectivity index (χ2v) is 3.50. The van der Waals surface area contributed by atoms with Gasteiger partial charge in [-0.1, -0.05) is 11.8 Å². The van der Waals surface area contributed by atoms with Crippen LogP contribution >= 0.6 is 11.8 Å². The van der Waals surface area contributed by atoms with Gasteiger partial charge >= 0.3 is 6.18 Å². The van der Waals surface area contributed by atoms with Crippen LogP contribution < -0.4 is 0 Å². The average Bonchev–Trinajstić information content (AvgIpc) is 2.15. The van der Waals surface area contributed by atoms with Crippen molar-refractivity contribution in [2.24, 2.45) is 0 Å². The van der Waals surface area contributed by atoms with Gasteiger partial charge in [0.2, 0.25) is 5.12 Å². The number of hydrogen-bond acceptors (Lipinski definition) is 3. The Bertz CT molecular complexity index is 387. The molecule has 0 spiro atoms. The van der Waals surface area contributed by atoms with Crippen molar-refractivity contribution in [1.82, 2.24) is 0 Å². The number of alkyl halides is 3. The van der Waals surface area contributed by atoms with Crippen LogP contribution in [0.5, 0.6) is 5.75 Å². The van der Waals surface area contributed by atoms with Gasteiger partial charge in [-0.2, -0.15) is 13.2 Å². The zero-order chi connectivity index (χ0) is 11.6. The zero-order valence-electron chi connectivity index (χ0n) is 7.63. The molecule has 6 heteroatoms. The quantitative estimate of drug-likeness (QED) is 0.814. The van der Waals surface area contributed by atoms with Crippen LogP contribution in [0, 0.1) is 0 Å². The number of benzene rings is 1. The standard InChI is InChI=1S/C9H7F3O2S/c1-15-8(14)6-3-2-5(4-7(6)13)9(10,11)12/h2-4,13H,1H3. The highest BCUT2D eigenvalue weighted by Crippen LogP contribution is 2.33. The smallest absolute Gasteiger partial charge is 0.416 e. The van der Waals surface area contributed by atoms with Gasteiger partial charge in [-0.15, -0.1) is 0 Å². The number of phenolic OH excluding ortho intramolecular Hbond substituents is 1. The Morgan fingerprint density at radius 2 is 2.00 bits per heavy atom. The van der Waals surface area contributed by atoms with Crippen molar-refractivity contribution in [1.29, 1.82) is 0 Å². The summed E-state index contributed by atoms with van der Waals surface area (Å²) in [5.74, 6) is -0.649. The Kier molecular flexibility index (Phi) is 3.28. The van der Waals surface area contributed by atoms with E-state index in [9.17, 15) is 23.1 Å². The Morgan fingerprint density at radius 1 is 1.40 bits per heavy atom. The molecule has 0 radical (unpaired) electrons. The molecule has 0 heterocycles. The largest absolute Gasteiger partial charge is 0.507 e. The van der Waals surface area contributed by atoms with E-state index in [-0.39, 0.29) is 5.56 Å². The Morgan fingerprint density at radius 3 is 2.40 bits per heavy atom. The van der Waals surface area contributed by atoms with E-state index in [0.29, 0.717) is 6.07 Å². The summed E-state index contributed by atoms with van der Waals surface area (Å²) in [4.78, 5) is 11.1. The summed E-state index contributed by atoms with van der Waals surface area (Å²) in [7, 11) is 0. The Balaban J connectivity index is 3.15. The molecule has 1 rings (SSSR count). The van der Waals surface area contributed by atoms with Gasteiger partial charge in [-0.3, -0.25) is 4.79 Å². The SMILES string of the molecule is CSC(=O)c1ccc(C(F)(F)F)cc1O. The maximum atomic E-state index is 12.2. The molecule has 0 atom stereocenters. The average molecular weight is 236 g/mol. The molecule has 0 fully saturated rings. The topological polar surface area (TPSA) is 37.3 Å². The van der Waals surface area contributed by atoms with Crippen molar-refractivity contribution in [2.75, 3.05) is 6.26 Å². The number of aromatic hydroxyl groups is 1. The van der Waals surface area contributed by atoms with E-state index in [2.05, 4.69) is 0 Å². The van der Waals surface area contributed by atoms with E-state index < -0.39 is 22.6 Å². The molecule has 15 heavy (non-hydrogen) atoms. The van der Waals surface area contributed by atoms with E-state index in [1.165, 1.54) is 6.26 Å². The predicted molar refractivity (Wildman–Crippen MR) is 51.0 cm³/mol. The molecular weight excluding hydrogens is 229 g/mol. The zero-order valence-corrected chi connectivity index (χ0v) is 8.45. The van der Waals surface area contributed by atoms with Gasteiger partial charge in [0.05, 0.1) is 11.1 Å². The summed E-state index contributed by atoms with van der Waals surface area (Å²) in [6, 6.07) is 2.28. The van der Waals surface area contributed by atoms with Crippen molar-refractivity contribution >= 4 is 16.9 Å². The second kappa shape index (κ2) is 4.14. The molecule has 1 aromatic rings. The normalized spacial score (nSPS) is 11.5. The molecule has 2 nitrogen and oxygen atoms in total.